The molecule has 0 saturated carbocycles. The van der Waals surface area contributed by atoms with Crippen molar-refractivity contribution in [1.82, 2.24) is 10.2 Å². The fourth-order valence-corrected chi connectivity index (χ4v) is 2.63. The maximum Gasteiger partial charge on any atom is 0.119 e. The first-order valence-electron chi connectivity index (χ1n) is 7.42. The Morgan fingerprint density at radius 3 is 2.70 bits per heavy atom. The molecular weight excluding hydrogens is 252 g/mol. The second-order valence-corrected chi connectivity index (χ2v) is 5.30. The molecule has 1 fully saturated rings. The third-order valence-electron chi connectivity index (χ3n) is 3.94. The van der Waals surface area contributed by atoms with Crippen LogP contribution in [-0.4, -0.2) is 51.4 Å². The average Bonchev–Trinajstić information content (AvgIpc) is 3.00. The van der Waals surface area contributed by atoms with Crippen molar-refractivity contribution in [1.29, 1.82) is 0 Å². The normalized spacial score (nSPS) is 20.3. The molecule has 0 amide bonds. The van der Waals surface area contributed by atoms with Crippen LogP contribution < -0.4 is 10.1 Å². The molecule has 1 heterocycles. The number of nitrogens with one attached hydrogen (secondary N) is 1. The van der Waals surface area contributed by atoms with Crippen molar-refractivity contribution in [3.63, 3.8) is 0 Å². The molecule has 1 aliphatic heterocycles. The van der Waals surface area contributed by atoms with Crippen LogP contribution in [0.2, 0.25) is 0 Å². The van der Waals surface area contributed by atoms with E-state index in [9.17, 15) is 0 Å². The van der Waals surface area contributed by atoms with E-state index < -0.39 is 0 Å². The quantitative estimate of drug-likeness (QED) is 0.828. The molecule has 1 aliphatic rings. The third kappa shape index (κ3) is 3.95. The summed E-state index contributed by atoms with van der Waals surface area (Å²) in [6.45, 7) is 5.44. The summed E-state index contributed by atoms with van der Waals surface area (Å²) >= 11 is 0. The zero-order valence-corrected chi connectivity index (χ0v) is 12.8. The molecule has 1 N–H and O–H groups in total. The molecular formula is C16H26N2O2. The van der Waals surface area contributed by atoms with Crippen LogP contribution in [0.3, 0.4) is 0 Å². The highest BCUT2D eigenvalue weighted by atomic mass is 16.5. The Kier molecular flexibility index (Phi) is 5.83. The van der Waals surface area contributed by atoms with Gasteiger partial charge in [0.1, 0.15) is 5.75 Å². The lowest BCUT2D eigenvalue weighted by atomic mass is 10.1. The van der Waals surface area contributed by atoms with E-state index >= 15 is 0 Å². The molecule has 1 aromatic carbocycles. The van der Waals surface area contributed by atoms with Crippen molar-refractivity contribution in [2.24, 2.45) is 0 Å². The molecule has 2 unspecified atom stereocenters. The van der Waals surface area contributed by atoms with Gasteiger partial charge < -0.3 is 14.8 Å². The van der Waals surface area contributed by atoms with Crippen LogP contribution in [0.15, 0.2) is 24.3 Å². The maximum absolute atomic E-state index is 5.49. The minimum absolute atomic E-state index is 0.330. The van der Waals surface area contributed by atoms with Gasteiger partial charge in [-0.25, -0.2) is 0 Å². The van der Waals surface area contributed by atoms with Crippen LogP contribution in [0.1, 0.15) is 24.9 Å². The number of benzene rings is 1. The minimum Gasteiger partial charge on any atom is -0.494 e. The monoisotopic (exact) mass is 278 g/mol. The molecule has 0 bridgehead atoms. The first kappa shape index (κ1) is 15.3. The second kappa shape index (κ2) is 7.62. The van der Waals surface area contributed by atoms with Gasteiger partial charge in [0.05, 0.1) is 13.2 Å². The lowest BCUT2D eigenvalue weighted by molar-refractivity contribution is 0.153. The van der Waals surface area contributed by atoms with Crippen LogP contribution in [0.4, 0.5) is 0 Å². The highest BCUT2D eigenvalue weighted by Gasteiger charge is 2.22. The van der Waals surface area contributed by atoms with E-state index in [4.69, 9.17) is 9.47 Å². The molecule has 1 saturated heterocycles. The number of hydrogen-bond donors (Lipinski definition) is 1. The maximum atomic E-state index is 5.49. The summed E-state index contributed by atoms with van der Waals surface area (Å²) in [7, 11) is 4.19. The van der Waals surface area contributed by atoms with Gasteiger partial charge in [-0.2, -0.15) is 0 Å². The number of hydrogen-bond acceptors (Lipinski definition) is 4. The Hall–Kier alpha value is -1.10. The number of rotatable bonds is 7. The number of nitrogens with zero attached hydrogens (tertiary/aromatic N) is 1. The van der Waals surface area contributed by atoms with Crippen molar-refractivity contribution in [2.45, 2.75) is 25.4 Å². The standard InChI is InChI=1S/C16H26N2O2/c1-4-20-15-7-5-13(6-8-15)16(17-2)11-18(3)14-9-10-19-12-14/h5-8,14,16-17H,4,9-12H2,1-3H3. The van der Waals surface area contributed by atoms with Gasteiger partial charge in [-0.05, 0) is 45.1 Å². The molecule has 2 atom stereocenters. The Morgan fingerprint density at radius 2 is 2.15 bits per heavy atom. The molecule has 4 nitrogen and oxygen atoms in total. The van der Waals surface area contributed by atoms with E-state index in [2.05, 4.69) is 29.4 Å². The Morgan fingerprint density at radius 1 is 1.40 bits per heavy atom. The van der Waals surface area contributed by atoms with E-state index in [-0.39, 0.29) is 0 Å². The van der Waals surface area contributed by atoms with Crippen molar-refractivity contribution in [2.75, 3.05) is 40.5 Å². The van der Waals surface area contributed by atoms with E-state index in [1.807, 2.05) is 26.1 Å². The molecule has 4 heteroatoms. The van der Waals surface area contributed by atoms with Gasteiger partial charge in [0.2, 0.25) is 0 Å². The lowest BCUT2D eigenvalue weighted by Gasteiger charge is -2.28. The highest BCUT2D eigenvalue weighted by Crippen LogP contribution is 2.20. The van der Waals surface area contributed by atoms with Crippen molar-refractivity contribution < 1.29 is 9.47 Å². The fourth-order valence-electron chi connectivity index (χ4n) is 2.63. The summed E-state index contributed by atoms with van der Waals surface area (Å²) in [5, 5.41) is 3.40. The van der Waals surface area contributed by atoms with Gasteiger partial charge in [0, 0.05) is 25.2 Å². The summed E-state index contributed by atoms with van der Waals surface area (Å²) in [6.07, 6.45) is 1.14. The van der Waals surface area contributed by atoms with Crippen LogP contribution >= 0.6 is 0 Å². The summed E-state index contributed by atoms with van der Waals surface area (Å²) in [4.78, 5) is 2.39. The molecule has 0 aromatic heterocycles. The molecule has 112 valence electrons. The largest absolute Gasteiger partial charge is 0.494 e. The molecule has 0 spiro atoms. The van der Waals surface area contributed by atoms with Crippen molar-refractivity contribution in [3.05, 3.63) is 29.8 Å². The molecule has 1 aromatic rings. The SMILES string of the molecule is CCOc1ccc(C(CN(C)C2CCOC2)NC)cc1. The van der Waals surface area contributed by atoms with Crippen LogP contribution in [-0.2, 0) is 4.74 Å². The third-order valence-corrected chi connectivity index (χ3v) is 3.94. The van der Waals surface area contributed by atoms with Gasteiger partial charge in [0.15, 0.2) is 0 Å². The molecule has 2 rings (SSSR count). The molecule has 0 radical (unpaired) electrons. The van der Waals surface area contributed by atoms with Gasteiger partial charge >= 0.3 is 0 Å². The summed E-state index contributed by atoms with van der Waals surface area (Å²) < 4.78 is 11.0. The predicted molar refractivity (Wildman–Crippen MR) is 81.3 cm³/mol. The minimum atomic E-state index is 0.330. The topological polar surface area (TPSA) is 33.7 Å². The fraction of sp³-hybridized carbons (Fsp3) is 0.625. The van der Waals surface area contributed by atoms with Gasteiger partial charge in [-0.15, -0.1) is 0 Å². The van der Waals surface area contributed by atoms with Gasteiger partial charge in [-0.1, -0.05) is 12.1 Å². The molecule has 0 aliphatic carbocycles. The predicted octanol–water partition coefficient (Wildman–Crippen LogP) is 2.07. The van der Waals surface area contributed by atoms with E-state index in [0.717, 1.165) is 31.9 Å². The first-order chi connectivity index (χ1) is 9.74. The highest BCUT2D eigenvalue weighted by molar-refractivity contribution is 5.29. The zero-order chi connectivity index (χ0) is 14.4. The Labute approximate surface area is 122 Å². The average molecular weight is 278 g/mol. The van der Waals surface area contributed by atoms with Crippen LogP contribution in [0, 0.1) is 0 Å². The smallest absolute Gasteiger partial charge is 0.119 e. The van der Waals surface area contributed by atoms with Crippen LogP contribution in [0.5, 0.6) is 5.75 Å². The van der Waals surface area contributed by atoms with E-state index in [0.29, 0.717) is 18.7 Å². The lowest BCUT2D eigenvalue weighted by Crippen LogP contribution is -2.38. The van der Waals surface area contributed by atoms with E-state index in [1.54, 1.807) is 0 Å². The van der Waals surface area contributed by atoms with Crippen LogP contribution in [0.25, 0.3) is 0 Å². The Bertz CT molecular complexity index is 388. The first-order valence-corrected chi connectivity index (χ1v) is 7.42. The van der Waals surface area contributed by atoms with Gasteiger partial charge in [-0.3, -0.25) is 4.90 Å². The number of likely N-dealkylation sites (N-methyl/N-ethyl adjacent to an activating group) is 2. The summed E-state index contributed by atoms with van der Waals surface area (Å²) in [5.41, 5.74) is 1.29. The van der Waals surface area contributed by atoms with E-state index in [1.165, 1.54) is 5.56 Å². The summed E-state index contributed by atoms with van der Waals surface area (Å²) in [5.74, 6) is 0.934. The van der Waals surface area contributed by atoms with Crippen molar-refractivity contribution in [3.8, 4) is 5.75 Å². The van der Waals surface area contributed by atoms with Crippen molar-refractivity contribution >= 4 is 0 Å². The molecule has 20 heavy (non-hydrogen) atoms. The summed E-state index contributed by atoms with van der Waals surface area (Å²) in [6, 6.07) is 9.25. The zero-order valence-electron chi connectivity index (χ0n) is 12.8. The second-order valence-electron chi connectivity index (χ2n) is 5.30. The Balaban J connectivity index is 1.96. The number of ether oxygens (including phenoxy) is 2. The van der Waals surface area contributed by atoms with Gasteiger partial charge in [0.25, 0.3) is 0 Å².